The zero-order chi connectivity index (χ0) is 13.8. The number of carbonyl (C=O) groups is 1. The van der Waals surface area contributed by atoms with Crippen LogP contribution in [0.1, 0.15) is 20.3 Å². The van der Waals surface area contributed by atoms with Crippen molar-refractivity contribution in [1.29, 1.82) is 0 Å². The molecule has 0 aliphatic carbocycles. The van der Waals surface area contributed by atoms with Crippen molar-refractivity contribution >= 4 is 15.7 Å². The summed E-state index contributed by atoms with van der Waals surface area (Å²) in [4.78, 5) is 11.4. The summed E-state index contributed by atoms with van der Waals surface area (Å²) >= 11 is 0. The van der Waals surface area contributed by atoms with Crippen molar-refractivity contribution in [3.63, 3.8) is 0 Å². The number of amides is 1. The molecule has 1 amide bonds. The van der Waals surface area contributed by atoms with Gasteiger partial charge in [0, 0.05) is 6.54 Å². The molecule has 1 N–H and O–H groups in total. The first-order chi connectivity index (χ1) is 8.39. The van der Waals surface area contributed by atoms with E-state index in [1.54, 1.807) is 0 Å². The van der Waals surface area contributed by atoms with Gasteiger partial charge in [-0.1, -0.05) is 13.0 Å². The van der Waals surface area contributed by atoms with E-state index in [4.69, 9.17) is 0 Å². The van der Waals surface area contributed by atoms with Gasteiger partial charge in [-0.3, -0.25) is 4.79 Å². The minimum atomic E-state index is -3.84. The lowest BCUT2D eigenvalue weighted by molar-refractivity contribution is -0.120. The summed E-state index contributed by atoms with van der Waals surface area (Å²) in [6.07, 6.45) is 0.721. The Morgan fingerprint density at radius 2 is 2.11 bits per heavy atom. The summed E-state index contributed by atoms with van der Waals surface area (Å²) in [5.41, 5.74) is 0. The lowest BCUT2D eigenvalue weighted by Gasteiger charge is -2.13. The second-order valence-electron chi connectivity index (χ2n) is 3.94. The molecule has 1 atom stereocenters. The number of sulfone groups is 1. The molecule has 0 saturated carbocycles. The van der Waals surface area contributed by atoms with E-state index in [0.29, 0.717) is 6.54 Å². The second-order valence-corrected chi connectivity index (χ2v) is 6.20. The molecule has 100 valence electrons. The molecular weight excluding hydrogens is 257 g/mol. The van der Waals surface area contributed by atoms with Crippen LogP contribution in [0.5, 0.6) is 0 Å². The summed E-state index contributed by atoms with van der Waals surface area (Å²) < 4.78 is 37.1. The fraction of sp³-hybridized carbons (Fsp3) is 0.417. The first-order valence-electron chi connectivity index (χ1n) is 5.66. The van der Waals surface area contributed by atoms with Gasteiger partial charge in [-0.15, -0.1) is 0 Å². The molecule has 0 radical (unpaired) electrons. The van der Waals surface area contributed by atoms with Gasteiger partial charge >= 0.3 is 0 Å². The van der Waals surface area contributed by atoms with E-state index in [0.717, 1.165) is 18.6 Å². The molecule has 0 aromatic heterocycles. The molecule has 0 fully saturated rings. The lowest BCUT2D eigenvalue weighted by atomic mass is 10.3. The van der Waals surface area contributed by atoms with Crippen LogP contribution in [0.3, 0.4) is 0 Å². The van der Waals surface area contributed by atoms with Crippen molar-refractivity contribution in [2.75, 3.05) is 6.54 Å². The van der Waals surface area contributed by atoms with Gasteiger partial charge in [0.05, 0.1) is 4.90 Å². The van der Waals surface area contributed by atoms with Crippen LogP contribution in [0.15, 0.2) is 29.2 Å². The Balaban J connectivity index is 2.96. The molecule has 0 bridgehead atoms. The van der Waals surface area contributed by atoms with Crippen LogP contribution in [0.25, 0.3) is 0 Å². The number of hydrogen-bond acceptors (Lipinski definition) is 3. The number of nitrogens with one attached hydrogen (secondary N) is 1. The highest BCUT2D eigenvalue weighted by Gasteiger charge is 2.29. The zero-order valence-corrected chi connectivity index (χ0v) is 11.1. The third-order valence-electron chi connectivity index (χ3n) is 2.51. The van der Waals surface area contributed by atoms with Gasteiger partial charge in [-0.05, 0) is 31.5 Å². The van der Waals surface area contributed by atoms with Crippen molar-refractivity contribution < 1.29 is 17.6 Å². The highest BCUT2D eigenvalue weighted by Crippen LogP contribution is 2.17. The minimum absolute atomic E-state index is 0.179. The Labute approximate surface area is 106 Å². The lowest BCUT2D eigenvalue weighted by Crippen LogP contribution is -2.38. The monoisotopic (exact) mass is 273 g/mol. The Morgan fingerprint density at radius 1 is 1.44 bits per heavy atom. The van der Waals surface area contributed by atoms with Crippen LogP contribution < -0.4 is 5.32 Å². The number of rotatable bonds is 5. The summed E-state index contributed by atoms with van der Waals surface area (Å²) in [6.45, 7) is 3.58. The number of hydrogen-bond donors (Lipinski definition) is 1. The van der Waals surface area contributed by atoms with E-state index in [2.05, 4.69) is 5.32 Å². The molecule has 0 saturated heterocycles. The fourth-order valence-corrected chi connectivity index (χ4v) is 2.70. The highest BCUT2D eigenvalue weighted by atomic mass is 32.2. The zero-order valence-electron chi connectivity index (χ0n) is 10.3. The van der Waals surface area contributed by atoms with Gasteiger partial charge in [0.2, 0.25) is 5.91 Å². The topological polar surface area (TPSA) is 63.2 Å². The standard InChI is InChI=1S/C12H16FNO3S/c1-3-7-14-12(15)9(2)18(16,17)11-6-4-5-10(13)8-11/h4-6,8-9H,3,7H2,1-2H3,(H,14,15). The molecule has 18 heavy (non-hydrogen) atoms. The summed E-state index contributed by atoms with van der Waals surface area (Å²) in [5, 5.41) is 1.28. The maximum Gasteiger partial charge on any atom is 0.238 e. The normalized spacial score (nSPS) is 13.1. The molecule has 0 aliphatic heterocycles. The predicted octanol–water partition coefficient (Wildman–Crippen LogP) is 1.51. The number of carbonyl (C=O) groups excluding carboxylic acids is 1. The minimum Gasteiger partial charge on any atom is -0.355 e. The van der Waals surface area contributed by atoms with Crippen molar-refractivity contribution in [3.8, 4) is 0 Å². The quantitative estimate of drug-likeness (QED) is 0.884. The van der Waals surface area contributed by atoms with Gasteiger partial charge in [0.25, 0.3) is 0 Å². The van der Waals surface area contributed by atoms with Gasteiger partial charge < -0.3 is 5.32 Å². The van der Waals surface area contributed by atoms with E-state index in [-0.39, 0.29) is 4.90 Å². The molecule has 4 nitrogen and oxygen atoms in total. The molecule has 1 unspecified atom stereocenters. The maximum absolute atomic E-state index is 13.0. The molecule has 1 rings (SSSR count). The molecule has 1 aromatic carbocycles. The van der Waals surface area contributed by atoms with Crippen LogP contribution in [0.4, 0.5) is 4.39 Å². The van der Waals surface area contributed by atoms with Crippen molar-refractivity contribution in [3.05, 3.63) is 30.1 Å². The Kier molecular flexibility index (Phi) is 4.84. The maximum atomic E-state index is 13.0. The Hall–Kier alpha value is -1.43. The fourth-order valence-electron chi connectivity index (χ4n) is 1.38. The van der Waals surface area contributed by atoms with Gasteiger partial charge in [0.15, 0.2) is 9.84 Å². The van der Waals surface area contributed by atoms with Crippen LogP contribution in [0, 0.1) is 5.82 Å². The molecular formula is C12H16FNO3S. The third-order valence-corrected chi connectivity index (χ3v) is 4.56. The van der Waals surface area contributed by atoms with Crippen LogP contribution in [0.2, 0.25) is 0 Å². The summed E-state index contributed by atoms with van der Waals surface area (Å²) in [6, 6.07) is 4.65. The SMILES string of the molecule is CCCNC(=O)C(C)S(=O)(=O)c1cccc(F)c1. The number of halogens is 1. The molecule has 0 aliphatic rings. The van der Waals surface area contributed by atoms with Crippen LogP contribution in [-0.4, -0.2) is 26.1 Å². The van der Waals surface area contributed by atoms with Crippen molar-refractivity contribution in [2.45, 2.75) is 30.4 Å². The highest BCUT2D eigenvalue weighted by molar-refractivity contribution is 7.92. The number of benzene rings is 1. The van der Waals surface area contributed by atoms with E-state index >= 15 is 0 Å². The smallest absolute Gasteiger partial charge is 0.238 e. The van der Waals surface area contributed by atoms with Gasteiger partial charge in [-0.25, -0.2) is 12.8 Å². The van der Waals surface area contributed by atoms with Crippen molar-refractivity contribution in [2.24, 2.45) is 0 Å². The van der Waals surface area contributed by atoms with Crippen LogP contribution in [-0.2, 0) is 14.6 Å². The van der Waals surface area contributed by atoms with Crippen molar-refractivity contribution in [1.82, 2.24) is 5.32 Å². The first kappa shape index (κ1) is 14.6. The third kappa shape index (κ3) is 3.29. The van der Waals surface area contributed by atoms with E-state index in [9.17, 15) is 17.6 Å². The first-order valence-corrected chi connectivity index (χ1v) is 7.21. The van der Waals surface area contributed by atoms with E-state index in [1.807, 2.05) is 6.92 Å². The molecule has 0 spiro atoms. The molecule has 6 heteroatoms. The second kappa shape index (κ2) is 5.95. The van der Waals surface area contributed by atoms with E-state index < -0.39 is 26.8 Å². The molecule has 1 aromatic rings. The van der Waals surface area contributed by atoms with Gasteiger partial charge in [0.1, 0.15) is 11.1 Å². The summed E-state index contributed by atoms with van der Waals surface area (Å²) in [5.74, 6) is -1.21. The van der Waals surface area contributed by atoms with Crippen LogP contribution >= 0.6 is 0 Å². The Morgan fingerprint density at radius 3 is 2.67 bits per heavy atom. The largest absolute Gasteiger partial charge is 0.355 e. The average molecular weight is 273 g/mol. The summed E-state index contributed by atoms with van der Waals surface area (Å²) in [7, 11) is -3.84. The predicted molar refractivity (Wildman–Crippen MR) is 66.3 cm³/mol. The van der Waals surface area contributed by atoms with Gasteiger partial charge in [-0.2, -0.15) is 0 Å². The van der Waals surface area contributed by atoms with E-state index in [1.165, 1.54) is 19.1 Å². The average Bonchev–Trinajstić information content (AvgIpc) is 2.34. The Bertz CT molecular complexity index is 528. The molecule has 0 heterocycles.